The molecule has 1 aromatic heterocycles. The second-order valence-electron chi connectivity index (χ2n) is 2.81. The van der Waals surface area contributed by atoms with E-state index in [-0.39, 0.29) is 6.08 Å². The van der Waals surface area contributed by atoms with E-state index < -0.39 is 0 Å². The Labute approximate surface area is 89.8 Å². The third-order valence-electron chi connectivity index (χ3n) is 1.60. The molecule has 0 atom stereocenters. The fraction of sp³-hybridized carbons (Fsp3) is 0.100. The van der Waals surface area contributed by atoms with Crippen molar-refractivity contribution >= 4 is 15.9 Å². The van der Waals surface area contributed by atoms with Crippen LogP contribution in [0.4, 0.5) is 0 Å². The number of hydrogen-bond acceptors (Lipinski definition) is 3. The van der Waals surface area contributed by atoms with Gasteiger partial charge in [-0.3, -0.25) is 0 Å². The molecule has 0 bridgehead atoms. The predicted octanol–water partition coefficient (Wildman–Crippen LogP) is 3.54. The van der Waals surface area contributed by atoms with E-state index in [1.807, 2.05) is 31.2 Å². The lowest BCUT2D eigenvalue weighted by molar-refractivity contribution is 0.330. The van der Waals surface area contributed by atoms with Crippen LogP contribution in [0.5, 0.6) is 11.8 Å². The summed E-state index contributed by atoms with van der Waals surface area (Å²) in [5.74, 6) is 0.696. The summed E-state index contributed by atoms with van der Waals surface area (Å²) in [6.45, 7) is 1.84. The topological polar surface area (TPSA) is 35.3 Å². The molecule has 14 heavy (non-hydrogen) atoms. The number of aromatic nitrogens is 1. The van der Waals surface area contributed by atoms with E-state index in [9.17, 15) is 0 Å². The first kappa shape index (κ1) is 9.27. The van der Waals surface area contributed by atoms with Crippen LogP contribution in [0.25, 0.3) is 0 Å². The molecule has 0 aliphatic carbocycles. The zero-order chi connectivity index (χ0) is 9.97. The minimum atomic E-state index is 0.264. The van der Waals surface area contributed by atoms with Gasteiger partial charge in [0.2, 0.25) is 0 Å². The first-order valence-corrected chi connectivity index (χ1v) is 4.89. The molecule has 0 amide bonds. The monoisotopic (exact) mass is 253 g/mol. The molecule has 2 aromatic rings. The number of nitrogens with zero attached hydrogens (tertiary/aromatic N) is 1. The Morgan fingerprint density at radius 2 is 2.29 bits per heavy atom. The zero-order valence-electron chi connectivity index (χ0n) is 7.53. The van der Waals surface area contributed by atoms with Crippen molar-refractivity contribution in [1.82, 2.24) is 4.98 Å². The van der Waals surface area contributed by atoms with Gasteiger partial charge in [0.25, 0.3) is 0 Å². The van der Waals surface area contributed by atoms with Crippen LogP contribution in [0, 0.1) is 6.92 Å². The van der Waals surface area contributed by atoms with Crippen molar-refractivity contribution in [2.24, 2.45) is 0 Å². The molecule has 0 N–H and O–H groups in total. The summed E-state index contributed by atoms with van der Waals surface area (Å²) < 4.78 is 11.4. The van der Waals surface area contributed by atoms with E-state index in [1.165, 1.54) is 0 Å². The first-order valence-electron chi connectivity index (χ1n) is 4.09. The summed E-state index contributed by atoms with van der Waals surface area (Å²) >= 11 is 3.35. The minimum Gasteiger partial charge on any atom is -0.417 e. The number of benzene rings is 1. The third-order valence-corrected chi connectivity index (χ3v) is 2.09. The number of rotatable bonds is 2. The molecule has 72 valence electrons. The van der Waals surface area contributed by atoms with Crippen molar-refractivity contribution in [2.75, 3.05) is 0 Å². The van der Waals surface area contributed by atoms with Crippen molar-refractivity contribution in [3.63, 3.8) is 0 Å². The molecule has 0 spiro atoms. The van der Waals surface area contributed by atoms with Crippen molar-refractivity contribution in [2.45, 2.75) is 6.92 Å². The van der Waals surface area contributed by atoms with Crippen LogP contribution >= 0.6 is 15.9 Å². The van der Waals surface area contributed by atoms with Gasteiger partial charge in [-0.05, 0) is 25.1 Å². The highest BCUT2D eigenvalue weighted by atomic mass is 79.9. The van der Waals surface area contributed by atoms with Gasteiger partial charge < -0.3 is 9.15 Å². The zero-order valence-corrected chi connectivity index (χ0v) is 9.11. The molecule has 4 heteroatoms. The molecule has 0 unspecified atom stereocenters. The average Bonchev–Trinajstić information content (AvgIpc) is 2.51. The highest BCUT2D eigenvalue weighted by Gasteiger charge is 2.03. The molecule has 0 aliphatic heterocycles. The van der Waals surface area contributed by atoms with Gasteiger partial charge in [-0.25, -0.2) is 0 Å². The second-order valence-corrected chi connectivity index (χ2v) is 3.73. The number of ether oxygens (including phenoxy) is 1. The maximum Gasteiger partial charge on any atom is 0.399 e. The van der Waals surface area contributed by atoms with Crippen LogP contribution < -0.4 is 4.74 Å². The normalized spacial score (nSPS) is 10.1. The van der Waals surface area contributed by atoms with Gasteiger partial charge in [0, 0.05) is 4.47 Å². The van der Waals surface area contributed by atoms with E-state index in [1.54, 1.807) is 6.26 Å². The molecule has 2 rings (SSSR count). The fourth-order valence-electron chi connectivity index (χ4n) is 1.01. The first-order chi connectivity index (χ1) is 6.74. The number of hydrogen-bond donors (Lipinski definition) is 0. The van der Waals surface area contributed by atoms with Crippen LogP contribution in [0.15, 0.2) is 39.4 Å². The summed E-state index contributed by atoms with van der Waals surface area (Å²) in [5, 5.41) is 0. The Kier molecular flexibility index (Phi) is 2.54. The standard InChI is InChI=1S/C10H8BrNO2/c1-7-6-13-10(12-7)14-9-4-2-3-8(11)5-9/h2-6H,1H3. The highest BCUT2D eigenvalue weighted by molar-refractivity contribution is 9.10. The smallest absolute Gasteiger partial charge is 0.399 e. The molecule has 0 saturated carbocycles. The summed E-state index contributed by atoms with van der Waals surface area (Å²) in [6, 6.07) is 7.49. The Bertz CT molecular complexity index is 439. The molecular weight excluding hydrogens is 246 g/mol. The van der Waals surface area contributed by atoms with Crippen LogP contribution in [0.2, 0.25) is 0 Å². The summed E-state index contributed by atoms with van der Waals surface area (Å²) in [5.41, 5.74) is 0.801. The van der Waals surface area contributed by atoms with Crippen molar-refractivity contribution < 1.29 is 9.15 Å². The van der Waals surface area contributed by atoms with Crippen LogP contribution in [-0.2, 0) is 0 Å². The lowest BCUT2D eigenvalue weighted by Gasteiger charge is -1.99. The van der Waals surface area contributed by atoms with Gasteiger partial charge in [-0.15, -0.1) is 0 Å². The Hall–Kier alpha value is -1.29. The Morgan fingerprint density at radius 3 is 2.93 bits per heavy atom. The van der Waals surface area contributed by atoms with Gasteiger partial charge >= 0.3 is 6.08 Å². The summed E-state index contributed by atoms with van der Waals surface area (Å²) in [7, 11) is 0. The van der Waals surface area contributed by atoms with E-state index in [2.05, 4.69) is 20.9 Å². The number of halogens is 1. The van der Waals surface area contributed by atoms with Crippen molar-refractivity contribution in [1.29, 1.82) is 0 Å². The van der Waals surface area contributed by atoms with E-state index in [0.29, 0.717) is 5.75 Å². The maximum atomic E-state index is 5.37. The van der Waals surface area contributed by atoms with Crippen LogP contribution in [-0.4, -0.2) is 4.98 Å². The Balaban J connectivity index is 2.18. The van der Waals surface area contributed by atoms with Crippen molar-refractivity contribution in [3.05, 3.63) is 40.7 Å². The van der Waals surface area contributed by atoms with Crippen LogP contribution in [0.1, 0.15) is 5.69 Å². The fourth-order valence-corrected chi connectivity index (χ4v) is 1.39. The van der Waals surface area contributed by atoms with E-state index >= 15 is 0 Å². The summed E-state index contributed by atoms with van der Waals surface area (Å²) in [6.07, 6.45) is 1.81. The van der Waals surface area contributed by atoms with E-state index in [4.69, 9.17) is 9.15 Å². The highest BCUT2D eigenvalue weighted by Crippen LogP contribution is 2.23. The lowest BCUT2D eigenvalue weighted by Crippen LogP contribution is -1.83. The van der Waals surface area contributed by atoms with Gasteiger partial charge in [0.1, 0.15) is 12.0 Å². The maximum absolute atomic E-state index is 5.37. The minimum absolute atomic E-state index is 0.264. The van der Waals surface area contributed by atoms with Crippen LogP contribution in [0.3, 0.4) is 0 Å². The van der Waals surface area contributed by atoms with Crippen molar-refractivity contribution in [3.8, 4) is 11.8 Å². The lowest BCUT2D eigenvalue weighted by atomic mass is 10.3. The summed E-state index contributed by atoms with van der Waals surface area (Å²) in [4.78, 5) is 4.03. The molecule has 0 radical (unpaired) electrons. The van der Waals surface area contributed by atoms with Gasteiger partial charge in [0.15, 0.2) is 0 Å². The average molecular weight is 254 g/mol. The van der Waals surface area contributed by atoms with Gasteiger partial charge in [0.05, 0.1) is 5.69 Å². The molecule has 0 saturated heterocycles. The Morgan fingerprint density at radius 1 is 1.43 bits per heavy atom. The predicted molar refractivity (Wildman–Crippen MR) is 55.5 cm³/mol. The third kappa shape index (κ3) is 2.14. The number of oxazole rings is 1. The molecule has 0 fully saturated rings. The number of aryl methyl sites for hydroxylation is 1. The molecular formula is C10H8BrNO2. The van der Waals surface area contributed by atoms with Gasteiger partial charge in [-0.1, -0.05) is 22.0 Å². The SMILES string of the molecule is Cc1coc(Oc2cccc(Br)c2)n1. The van der Waals surface area contributed by atoms with E-state index in [0.717, 1.165) is 10.2 Å². The molecule has 0 aliphatic rings. The molecule has 3 nitrogen and oxygen atoms in total. The molecule has 1 aromatic carbocycles. The molecule has 1 heterocycles. The van der Waals surface area contributed by atoms with Gasteiger partial charge in [-0.2, -0.15) is 4.98 Å². The quantitative estimate of drug-likeness (QED) is 0.822. The largest absolute Gasteiger partial charge is 0.417 e. The second kappa shape index (κ2) is 3.84.